The highest BCUT2D eigenvalue weighted by atomic mass is 16.5. The maximum absolute atomic E-state index is 12.5. The molecule has 2 aliphatic heterocycles. The zero-order valence-corrected chi connectivity index (χ0v) is 12.6. The summed E-state index contributed by atoms with van der Waals surface area (Å²) in [5.74, 6) is -0.108. The first-order chi connectivity index (χ1) is 10.1. The van der Waals surface area contributed by atoms with E-state index in [1.165, 1.54) is 7.11 Å². The summed E-state index contributed by atoms with van der Waals surface area (Å²) in [6.07, 6.45) is 1.67. The van der Waals surface area contributed by atoms with Crippen LogP contribution in [0.15, 0.2) is 0 Å². The zero-order valence-electron chi connectivity index (χ0n) is 12.6. The first-order valence-electron chi connectivity index (χ1n) is 7.53. The summed E-state index contributed by atoms with van der Waals surface area (Å²) in [5, 5.41) is 0. The molecule has 0 aromatic rings. The van der Waals surface area contributed by atoms with Gasteiger partial charge in [-0.1, -0.05) is 0 Å². The molecule has 2 rings (SSSR count). The van der Waals surface area contributed by atoms with Gasteiger partial charge in [0.05, 0.1) is 25.7 Å². The summed E-state index contributed by atoms with van der Waals surface area (Å²) in [5.41, 5.74) is 5.79. The van der Waals surface area contributed by atoms with Gasteiger partial charge in [-0.3, -0.25) is 9.59 Å². The van der Waals surface area contributed by atoms with E-state index >= 15 is 0 Å². The van der Waals surface area contributed by atoms with Crippen LogP contribution >= 0.6 is 0 Å². The van der Waals surface area contributed by atoms with E-state index in [1.807, 2.05) is 4.90 Å². The molecule has 0 spiro atoms. The number of methoxy groups -OCH3 is 1. The van der Waals surface area contributed by atoms with Gasteiger partial charge in [-0.15, -0.1) is 0 Å². The van der Waals surface area contributed by atoms with Crippen molar-refractivity contribution in [2.75, 3.05) is 53.1 Å². The quantitative estimate of drug-likeness (QED) is 0.724. The number of piperidine rings is 1. The molecule has 0 radical (unpaired) electrons. The Kier molecular flexibility index (Phi) is 5.96. The summed E-state index contributed by atoms with van der Waals surface area (Å²) < 4.78 is 10.2. The zero-order chi connectivity index (χ0) is 15.2. The highest BCUT2D eigenvalue weighted by Gasteiger charge is 2.33. The van der Waals surface area contributed by atoms with Gasteiger partial charge in [-0.25, -0.2) is 0 Å². The molecule has 7 heteroatoms. The molecule has 7 nitrogen and oxygen atoms in total. The maximum Gasteiger partial charge on any atom is 0.241 e. The van der Waals surface area contributed by atoms with Crippen molar-refractivity contribution in [2.45, 2.75) is 18.9 Å². The van der Waals surface area contributed by atoms with Crippen molar-refractivity contribution < 1.29 is 19.1 Å². The van der Waals surface area contributed by atoms with Crippen LogP contribution in [0, 0.1) is 5.92 Å². The smallest absolute Gasteiger partial charge is 0.241 e. The Morgan fingerprint density at radius 3 is 2.67 bits per heavy atom. The molecule has 2 aliphatic rings. The molecule has 2 heterocycles. The van der Waals surface area contributed by atoms with Crippen molar-refractivity contribution in [1.29, 1.82) is 0 Å². The molecule has 2 unspecified atom stereocenters. The first kappa shape index (κ1) is 16.2. The molecular formula is C14H25N3O4. The number of nitrogens with zero attached hydrogens (tertiary/aromatic N) is 2. The highest BCUT2D eigenvalue weighted by Crippen LogP contribution is 2.20. The molecule has 2 N–H and O–H groups in total. The third-order valence-corrected chi connectivity index (χ3v) is 4.07. The molecule has 0 aromatic carbocycles. The largest absolute Gasteiger partial charge is 0.383 e. The molecular weight excluding hydrogens is 274 g/mol. The van der Waals surface area contributed by atoms with Crippen LogP contribution in [-0.2, 0) is 19.1 Å². The Morgan fingerprint density at radius 1 is 1.29 bits per heavy atom. The van der Waals surface area contributed by atoms with E-state index < -0.39 is 6.04 Å². The fourth-order valence-electron chi connectivity index (χ4n) is 2.91. The lowest BCUT2D eigenvalue weighted by Crippen LogP contribution is -2.53. The standard InChI is InChI=1S/C14H25N3O4/c1-20-10-12(15)14(19)17-4-2-3-11(9-17)13(18)16-5-7-21-8-6-16/h11-12H,2-10,15H2,1H3. The van der Waals surface area contributed by atoms with Gasteiger partial charge in [0.15, 0.2) is 0 Å². The van der Waals surface area contributed by atoms with Gasteiger partial charge in [0, 0.05) is 33.3 Å². The minimum Gasteiger partial charge on any atom is -0.383 e. The number of morpholine rings is 1. The number of hydrogen-bond donors (Lipinski definition) is 1. The van der Waals surface area contributed by atoms with Crippen LogP contribution in [0.25, 0.3) is 0 Å². The van der Waals surface area contributed by atoms with Crippen LogP contribution < -0.4 is 5.73 Å². The van der Waals surface area contributed by atoms with E-state index in [9.17, 15) is 9.59 Å². The summed E-state index contributed by atoms with van der Waals surface area (Å²) in [7, 11) is 1.52. The monoisotopic (exact) mass is 299 g/mol. The van der Waals surface area contributed by atoms with E-state index in [0.29, 0.717) is 39.4 Å². The number of rotatable bonds is 4. The minimum absolute atomic E-state index is 0.115. The normalized spacial score (nSPS) is 24.8. The van der Waals surface area contributed by atoms with Crippen LogP contribution in [0.4, 0.5) is 0 Å². The second kappa shape index (κ2) is 7.72. The van der Waals surface area contributed by atoms with Crippen LogP contribution in [0.2, 0.25) is 0 Å². The summed E-state index contributed by atoms with van der Waals surface area (Å²) >= 11 is 0. The molecule has 2 fully saturated rings. The third kappa shape index (κ3) is 4.15. The second-order valence-electron chi connectivity index (χ2n) is 5.62. The first-order valence-corrected chi connectivity index (χ1v) is 7.53. The lowest BCUT2D eigenvalue weighted by molar-refractivity contribution is -0.144. The number of carbonyl (C=O) groups is 2. The van der Waals surface area contributed by atoms with E-state index in [4.69, 9.17) is 15.2 Å². The second-order valence-corrected chi connectivity index (χ2v) is 5.62. The predicted molar refractivity (Wildman–Crippen MR) is 76.6 cm³/mol. The molecule has 0 aliphatic carbocycles. The van der Waals surface area contributed by atoms with Crippen molar-refractivity contribution in [3.63, 3.8) is 0 Å². The van der Waals surface area contributed by atoms with Crippen LogP contribution in [0.1, 0.15) is 12.8 Å². The molecule has 0 saturated carbocycles. The fraction of sp³-hybridized carbons (Fsp3) is 0.857. The molecule has 0 bridgehead atoms. The van der Waals surface area contributed by atoms with Crippen molar-refractivity contribution >= 4 is 11.8 Å². The Morgan fingerprint density at radius 2 is 2.00 bits per heavy atom. The van der Waals surface area contributed by atoms with Crippen molar-refractivity contribution in [1.82, 2.24) is 9.80 Å². The lowest BCUT2D eigenvalue weighted by atomic mass is 9.95. The lowest BCUT2D eigenvalue weighted by Gasteiger charge is -2.37. The van der Waals surface area contributed by atoms with E-state index in [0.717, 1.165) is 12.8 Å². The number of ether oxygens (including phenoxy) is 2. The Balaban J connectivity index is 1.90. The number of amides is 2. The molecule has 0 aromatic heterocycles. The molecule has 2 atom stereocenters. The van der Waals surface area contributed by atoms with Crippen molar-refractivity contribution in [3.8, 4) is 0 Å². The minimum atomic E-state index is -0.646. The number of hydrogen-bond acceptors (Lipinski definition) is 5. The summed E-state index contributed by atoms with van der Waals surface area (Å²) in [6, 6.07) is -0.646. The fourth-order valence-corrected chi connectivity index (χ4v) is 2.91. The van der Waals surface area contributed by atoms with Gasteiger partial charge in [0.2, 0.25) is 11.8 Å². The van der Waals surface area contributed by atoms with Crippen LogP contribution in [-0.4, -0.2) is 80.8 Å². The van der Waals surface area contributed by atoms with Gasteiger partial charge >= 0.3 is 0 Å². The van der Waals surface area contributed by atoms with Gasteiger partial charge in [-0.2, -0.15) is 0 Å². The Labute approximate surface area is 125 Å². The van der Waals surface area contributed by atoms with Gasteiger partial charge in [0.1, 0.15) is 6.04 Å². The van der Waals surface area contributed by atoms with Crippen molar-refractivity contribution in [2.24, 2.45) is 11.7 Å². The van der Waals surface area contributed by atoms with E-state index in [-0.39, 0.29) is 24.3 Å². The van der Waals surface area contributed by atoms with Gasteiger partial charge in [0.25, 0.3) is 0 Å². The van der Waals surface area contributed by atoms with Crippen LogP contribution in [0.3, 0.4) is 0 Å². The SMILES string of the molecule is COCC(N)C(=O)N1CCCC(C(=O)N2CCOCC2)C1. The predicted octanol–water partition coefficient (Wildman–Crippen LogP) is -0.942. The van der Waals surface area contributed by atoms with Gasteiger partial charge < -0.3 is 25.0 Å². The average molecular weight is 299 g/mol. The molecule has 2 saturated heterocycles. The van der Waals surface area contributed by atoms with Crippen molar-refractivity contribution in [3.05, 3.63) is 0 Å². The maximum atomic E-state index is 12.5. The summed E-state index contributed by atoms with van der Waals surface area (Å²) in [6.45, 7) is 3.82. The summed E-state index contributed by atoms with van der Waals surface area (Å²) in [4.78, 5) is 28.3. The van der Waals surface area contributed by atoms with Crippen LogP contribution in [0.5, 0.6) is 0 Å². The molecule has 2 amide bonds. The average Bonchev–Trinajstić information content (AvgIpc) is 2.54. The molecule has 120 valence electrons. The topological polar surface area (TPSA) is 85.1 Å². The Hall–Kier alpha value is -1.18. The van der Waals surface area contributed by atoms with E-state index in [1.54, 1.807) is 4.90 Å². The molecule has 21 heavy (non-hydrogen) atoms. The highest BCUT2D eigenvalue weighted by molar-refractivity contribution is 5.84. The third-order valence-electron chi connectivity index (χ3n) is 4.07. The van der Waals surface area contributed by atoms with Gasteiger partial charge in [-0.05, 0) is 12.8 Å². The Bertz CT molecular complexity index is 371. The van der Waals surface area contributed by atoms with E-state index in [2.05, 4.69) is 0 Å². The number of carbonyl (C=O) groups excluding carboxylic acids is 2. The number of likely N-dealkylation sites (tertiary alicyclic amines) is 1. The number of nitrogens with two attached hydrogens (primary N) is 1.